The topological polar surface area (TPSA) is 95.7 Å². The molecule has 0 fully saturated rings. The van der Waals surface area contributed by atoms with Gasteiger partial charge in [-0.05, 0) is 73.2 Å². The summed E-state index contributed by atoms with van der Waals surface area (Å²) in [7, 11) is 4.79. The highest BCUT2D eigenvalue weighted by molar-refractivity contribution is 9.10. The van der Waals surface area contributed by atoms with Crippen molar-refractivity contribution in [2.24, 2.45) is 0 Å². The van der Waals surface area contributed by atoms with Gasteiger partial charge in [-0.1, -0.05) is 15.9 Å². The van der Waals surface area contributed by atoms with E-state index in [0.29, 0.717) is 33.5 Å². The zero-order valence-corrected chi connectivity index (χ0v) is 22.6. The van der Waals surface area contributed by atoms with Gasteiger partial charge in [0.25, 0.3) is 5.91 Å². The van der Waals surface area contributed by atoms with Crippen molar-refractivity contribution in [2.45, 2.75) is 25.7 Å². The molecule has 9 heteroatoms. The predicted molar refractivity (Wildman–Crippen MR) is 148 cm³/mol. The third-order valence-corrected chi connectivity index (χ3v) is 8.07. The molecule has 5 rings (SSSR count). The number of anilines is 2. The maximum absolute atomic E-state index is 13.2. The molecule has 0 bridgehead atoms. The fraction of sp³-hybridized carbons (Fsp3) is 0.259. The third-order valence-electron chi connectivity index (χ3n) is 6.44. The van der Waals surface area contributed by atoms with Crippen LogP contribution in [0.2, 0.25) is 0 Å². The summed E-state index contributed by atoms with van der Waals surface area (Å²) in [6, 6.07) is 11.3. The van der Waals surface area contributed by atoms with Crippen molar-refractivity contribution >= 4 is 54.8 Å². The number of rotatable bonds is 6. The van der Waals surface area contributed by atoms with Crippen LogP contribution in [0.5, 0.6) is 17.2 Å². The van der Waals surface area contributed by atoms with E-state index in [1.165, 1.54) is 16.9 Å². The number of nitrogens with one attached hydrogen (secondary N) is 1. The highest BCUT2D eigenvalue weighted by Crippen LogP contribution is 2.46. The molecule has 1 aliphatic carbocycles. The number of thiophene rings is 1. The minimum Gasteiger partial charge on any atom is -0.493 e. The Bertz CT molecular complexity index is 1440. The highest BCUT2D eigenvalue weighted by atomic mass is 79.9. The molecule has 4 aromatic rings. The Labute approximate surface area is 221 Å². The zero-order chi connectivity index (χ0) is 25.4. The van der Waals surface area contributed by atoms with Crippen LogP contribution in [0.15, 0.2) is 40.9 Å². The maximum atomic E-state index is 13.2. The number of hydrogen-bond acceptors (Lipinski definition) is 7. The molecule has 0 saturated heterocycles. The molecule has 186 valence electrons. The zero-order valence-electron chi connectivity index (χ0n) is 20.2. The Morgan fingerprint density at radius 3 is 2.25 bits per heavy atom. The summed E-state index contributed by atoms with van der Waals surface area (Å²) in [6.07, 6.45) is 3.91. The molecule has 2 aromatic heterocycles. The van der Waals surface area contributed by atoms with Crippen LogP contribution >= 0.6 is 27.3 Å². The Kier molecular flexibility index (Phi) is 6.77. The number of nitrogens with zero attached hydrogens (tertiary/aromatic N) is 1. The summed E-state index contributed by atoms with van der Waals surface area (Å²) >= 11 is 4.74. The summed E-state index contributed by atoms with van der Waals surface area (Å²) in [5.74, 6) is 1.43. The van der Waals surface area contributed by atoms with Gasteiger partial charge < -0.3 is 25.3 Å². The van der Waals surface area contributed by atoms with Gasteiger partial charge in [-0.2, -0.15) is 0 Å². The first kappa shape index (κ1) is 24.4. The smallest absolute Gasteiger partial charge is 0.267 e. The number of benzene rings is 2. The molecule has 1 aliphatic rings. The van der Waals surface area contributed by atoms with Crippen molar-refractivity contribution in [3.63, 3.8) is 0 Å². The number of nitrogens with two attached hydrogens (primary N) is 1. The highest BCUT2D eigenvalue weighted by Gasteiger charge is 2.27. The van der Waals surface area contributed by atoms with E-state index in [-0.39, 0.29) is 5.91 Å². The van der Waals surface area contributed by atoms with Crippen LogP contribution < -0.4 is 25.3 Å². The second kappa shape index (κ2) is 9.99. The van der Waals surface area contributed by atoms with Crippen LogP contribution in [0.1, 0.15) is 33.6 Å². The number of carbonyl (C=O) groups is 1. The van der Waals surface area contributed by atoms with Crippen molar-refractivity contribution in [3.05, 3.63) is 56.9 Å². The molecule has 1 amide bonds. The molecule has 7 nitrogen and oxygen atoms in total. The van der Waals surface area contributed by atoms with E-state index in [1.807, 2.05) is 36.4 Å². The first-order valence-electron chi connectivity index (χ1n) is 11.6. The molecule has 0 radical (unpaired) electrons. The van der Waals surface area contributed by atoms with Crippen molar-refractivity contribution < 1.29 is 19.0 Å². The monoisotopic (exact) mass is 567 g/mol. The lowest BCUT2D eigenvalue weighted by atomic mass is 9.87. The van der Waals surface area contributed by atoms with Crippen LogP contribution in [0.4, 0.5) is 11.4 Å². The van der Waals surface area contributed by atoms with Gasteiger partial charge in [0.2, 0.25) is 5.75 Å². The van der Waals surface area contributed by atoms with Gasteiger partial charge in [0.1, 0.15) is 9.71 Å². The molecule has 3 N–H and O–H groups in total. The van der Waals surface area contributed by atoms with Crippen LogP contribution in [0.25, 0.3) is 21.5 Å². The van der Waals surface area contributed by atoms with Crippen molar-refractivity contribution in [2.75, 3.05) is 32.4 Å². The van der Waals surface area contributed by atoms with Crippen LogP contribution in [-0.4, -0.2) is 32.2 Å². The minimum atomic E-state index is -0.239. The van der Waals surface area contributed by atoms with E-state index in [9.17, 15) is 4.79 Å². The summed E-state index contributed by atoms with van der Waals surface area (Å²) in [5.41, 5.74) is 11.9. The molecular formula is C27H26BrN3O4S. The largest absolute Gasteiger partial charge is 0.493 e. The van der Waals surface area contributed by atoms with E-state index in [4.69, 9.17) is 24.9 Å². The Balaban J connectivity index is 1.65. The van der Waals surface area contributed by atoms with Gasteiger partial charge in [-0.3, -0.25) is 4.79 Å². The van der Waals surface area contributed by atoms with Crippen molar-refractivity contribution in [3.8, 4) is 28.5 Å². The summed E-state index contributed by atoms with van der Waals surface area (Å²) in [5, 5.41) is 3.85. The van der Waals surface area contributed by atoms with Crippen LogP contribution in [0, 0.1) is 0 Å². The fourth-order valence-electron chi connectivity index (χ4n) is 4.76. The standard InChI is InChI=1S/C27H26BrN3O4S/c1-33-19-12-14(13-20(34-2)24(19)35-3)23-18-7-5-4-6-17(18)21-22(29)25(36-27(21)31-23)26(32)30-16-10-8-15(28)9-11-16/h8-13H,4-7,29H2,1-3H3,(H,30,32). The van der Waals surface area contributed by atoms with E-state index in [2.05, 4.69) is 21.2 Å². The number of hydrogen-bond donors (Lipinski definition) is 2. The van der Waals surface area contributed by atoms with Gasteiger partial charge in [0, 0.05) is 21.1 Å². The summed E-state index contributed by atoms with van der Waals surface area (Å²) in [4.78, 5) is 19.4. The second-order valence-corrected chi connectivity index (χ2v) is 10.4. The minimum absolute atomic E-state index is 0.239. The summed E-state index contributed by atoms with van der Waals surface area (Å²) in [6.45, 7) is 0. The number of amides is 1. The third kappa shape index (κ3) is 4.26. The van der Waals surface area contributed by atoms with E-state index in [0.717, 1.165) is 57.2 Å². The van der Waals surface area contributed by atoms with Crippen molar-refractivity contribution in [1.82, 2.24) is 4.98 Å². The Hall–Kier alpha value is -3.30. The fourth-order valence-corrected chi connectivity index (χ4v) is 6.05. The number of nitrogen functional groups attached to an aromatic ring is 1. The number of halogens is 1. The number of ether oxygens (including phenoxy) is 3. The number of fused-ring (bicyclic) bond motifs is 3. The normalized spacial score (nSPS) is 12.8. The van der Waals surface area contributed by atoms with E-state index >= 15 is 0 Å². The van der Waals surface area contributed by atoms with Gasteiger partial charge in [-0.15, -0.1) is 11.3 Å². The number of methoxy groups -OCH3 is 3. The SMILES string of the molecule is COc1cc(-c2nc3sc(C(=O)Nc4ccc(Br)cc4)c(N)c3c3c2CCCC3)cc(OC)c1OC. The van der Waals surface area contributed by atoms with Gasteiger partial charge >= 0.3 is 0 Å². The average Bonchev–Trinajstić information content (AvgIpc) is 3.25. The molecule has 2 aromatic carbocycles. The first-order chi connectivity index (χ1) is 17.4. The molecule has 2 heterocycles. The van der Waals surface area contributed by atoms with Crippen molar-refractivity contribution in [1.29, 1.82) is 0 Å². The maximum Gasteiger partial charge on any atom is 0.267 e. The predicted octanol–water partition coefficient (Wildman–Crippen LogP) is 6.46. The second-order valence-electron chi connectivity index (χ2n) is 8.52. The number of aryl methyl sites for hydroxylation is 1. The molecule has 36 heavy (non-hydrogen) atoms. The molecule has 0 spiro atoms. The van der Waals surface area contributed by atoms with Crippen LogP contribution in [0.3, 0.4) is 0 Å². The van der Waals surface area contributed by atoms with Gasteiger partial charge in [0.05, 0.1) is 32.7 Å². The molecule has 0 unspecified atom stereocenters. The molecular weight excluding hydrogens is 542 g/mol. The number of pyridine rings is 1. The van der Waals surface area contributed by atoms with Crippen LogP contribution in [-0.2, 0) is 12.8 Å². The van der Waals surface area contributed by atoms with Gasteiger partial charge in [-0.25, -0.2) is 4.98 Å². The molecule has 0 aliphatic heterocycles. The molecule has 0 saturated carbocycles. The molecule has 0 atom stereocenters. The lowest BCUT2D eigenvalue weighted by Crippen LogP contribution is -2.12. The lowest BCUT2D eigenvalue weighted by molar-refractivity contribution is 0.103. The Morgan fingerprint density at radius 1 is 1.00 bits per heavy atom. The summed E-state index contributed by atoms with van der Waals surface area (Å²) < 4.78 is 17.6. The average molecular weight is 568 g/mol. The first-order valence-corrected chi connectivity index (χ1v) is 13.2. The number of carbonyl (C=O) groups excluding carboxylic acids is 1. The van der Waals surface area contributed by atoms with E-state index < -0.39 is 0 Å². The lowest BCUT2D eigenvalue weighted by Gasteiger charge is -2.21. The number of aromatic nitrogens is 1. The van der Waals surface area contributed by atoms with Gasteiger partial charge in [0.15, 0.2) is 11.5 Å². The quantitative estimate of drug-likeness (QED) is 0.277. The Morgan fingerprint density at radius 2 is 1.64 bits per heavy atom. The van der Waals surface area contributed by atoms with E-state index in [1.54, 1.807) is 21.3 Å².